The van der Waals surface area contributed by atoms with Gasteiger partial charge in [-0.05, 0) is 31.4 Å². The summed E-state index contributed by atoms with van der Waals surface area (Å²) in [5, 5.41) is 8.92. The van der Waals surface area contributed by atoms with E-state index in [4.69, 9.17) is 5.73 Å². The number of hydrogen-bond donors (Lipinski definition) is 5. The van der Waals surface area contributed by atoms with E-state index in [0.717, 1.165) is 43.9 Å². The predicted octanol–water partition coefficient (Wildman–Crippen LogP) is 0.105. The number of hydrogen-bond acceptors (Lipinski definition) is 4. The Morgan fingerprint density at radius 3 is 2.50 bits per heavy atom. The number of aliphatic imine (C=N–C) groups is 1. The van der Waals surface area contributed by atoms with Crippen LogP contribution in [0.5, 0.6) is 0 Å². The lowest BCUT2D eigenvalue weighted by Gasteiger charge is -2.13. The average Bonchev–Trinajstić information content (AvgIpc) is 2.46. The lowest BCUT2D eigenvalue weighted by molar-refractivity contribution is -0.122. The van der Waals surface area contributed by atoms with Gasteiger partial charge in [-0.3, -0.25) is 9.79 Å². The summed E-state index contributed by atoms with van der Waals surface area (Å²) in [6.07, 6.45) is 4.65. The number of nitrogens with two attached hydrogens (primary N) is 1. The van der Waals surface area contributed by atoms with Crippen molar-refractivity contribution in [2.75, 3.05) is 32.9 Å². The highest BCUT2D eigenvalue weighted by molar-refractivity contribution is 7.80. The zero-order valence-corrected chi connectivity index (χ0v) is 13.5. The fourth-order valence-corrected chi connectivity index (χ4v) is 1.92. The van der Waals surface area contributed by atoms with Crippen molar-refractivity contribution < 1.29 is 4.79 Å². The first-order valence-corrected chi connectivity index (χ1v) is 7.81. The minimum Gasteiger partial charge on any atom is -0.359 e. The first-order chi connectivity index (χ1) is 9.65. The van der Waals surface area contributed by atoms with Crippen LogP contribution in [-0.4, -0.2) is 50.8 Å². The summed E-state index contributed by atoms with van der Waals surface area (Å²) in [4.78, 5) is 15.7. The van der Waals surface area contributed by atoms with Gasteiger partial charge in [-0.2, -0.15) is 12.6 Å². The van der Waals surface area contributed by atoms with Gasteiger partial charge in [-0.1, -0.05) is 6.42 Å². The largest absolute Gasteiger partial charge is 0.359 e. The Labute approximate surface area is 127 Å². The molecule has 0 spiro atoms. The van der Waals surface area contributed by atoms with Crippen LogP contribution in [-0.2, 0) is 4.79 Å². The van der Waals surface area contributed by atoms with Crippen molar-refractivity contribution in [1.82, 2.24) is 16.0 Å². The van der Waals surface area contributed by atoms with Crippen LogP contribution in [0.2, 0.25) is 0 Å². The van der Waals surface area contributed by atoms with Gasteiger partial charge >= 0.3 is 0 Å². The van der Waals surface area contributed by atoms with Crippen LogP contribution in [0.15, 0.2) is 4.99 Å². The number of thiol groups is 1. The fourth-order valence-electron chi connectivity index (χ4n) is 1.70. The van der Waals surface area contributed by atoms with Gasteiger partial charge in [0.15, 0.2) is 5.96 Å². The Bertz CT molecular complexity index is 286. The van der Waals surface area contributed by atoms with Gasteiger partial charge in [0.05, 0.1) is 6.04 Å². The van der Waals surface area contributed by atoms with Gasteiger partial charge in [-0.15, -0.1) is 0 Å². The molecule has 118 valence electrons. The van der Waals surface area contributed by atoms with E-state index in [2.05, 4.69) is 33.6 Å². The SMILES string of the molecule is CN=C(NC)NCCCC(N)C(=O)NCCCCCS. The van der Waals surface area contributed by atoms with E-state index in [-0.39, 0.29) is 5.91 Å². The summed E-state index contributed by atoms with van der Waals surface area (Å²) in [5.74, 6) is 1.58. The molecule has 0 aromatic heterocycles. The van der Waals surface area contributed by atoms with Crippen LogP contribution in [0.4, 0.5) is 0 Å². The molecule has 0 aromatic rings. The Morgan fingerprint density at radius 2 is 1.90 bits per heavy atom. The molecule has 20 heavy (non-hydrogen) atoms. The van der Waals surface area contributed by atoms with Gasteiger partial charge in [0.25, 0.3) is 0 Å². The highest BCUT2D eigenvalue weighted by Gasteiger charge is 2.11. The predicted molar refractivity (Wildman–Crippen MR) is 88.3 cm³/mol. The highest BCUT2D eigenvalue weighted by atomic mass is 32.1. The Hall–Kier alpha value is -0.950. The van der Waals surface area contributed by atoms with Crippen molar-refractivity contribution in [1.29, 1.82) is 0 Å². The molecule has 1 amide bonds. The first-order valence-electron chi connectivity index (χ1n) is 7.18. The Balaban J connectivity index is 3.59. The van der Waals surface area contributed by atoms with E-state index >= 15 is 0 Å². The number of nitrogens with zero attached hydrogens (tertiary/aromatic N) is 1. The van der Waals surface area contributed by atoms with E-state index in [0.29, 0.717) is 13.0 Å². The molecule has 0 aromatic carbocycles. The highest BCUT2D eigenvalue weighted by Crippen LogP contribution is 1.97. The number of carbonyl (C=O) groups is 1. The molecule has 0 bridgehead atoms. The topological polar surface area (TPSA) is 91.5 Å². The minimum atomic E-state index is -0.432. The van der Waals surface area contributed by atoms with Crippen molar-refractivity contribution in [2.24, 2.45) is 10.7 Å². The molecule has 0 radical (unpaired) electrons. The quantitative estimate of drug-likeness (QED) is 0.171. The average molecular weight is 303 g/mol. The molecule has 5 N–H and O–H groups in total. The molecule has 0 aliphatic heterocycles. The van der Waals surface area contributed by atoms with Crippen LogP contribution in [0, 0.1) is 0 Å². The second kappa shape index (κ2) is 13.1. The second-order valence-electron chi connectivity index (χ2n) is 4.57. The smallest absolute Gasteiger partial charge is 0.236 e. The number of guanidine groups is 1. The normalized spacial score (nSPS) is 12.9. The van der Waals surface area contributed by atoms with E-state index in [9.17, 15) is 4.79 Å². The molecular formula is C13H29N5OS. The van der Waals surface area contributed by atoms with Crippen molar-refractivity contribution in [3.05, 3.63) is 0 Å². The van der Waals surface area contributed by atoms with Crippen LogP contribution < -0.4 is 21.7 Å². The molecule has 0 aliphatic carbocycles. The zero-order valence-electron chi connectivity index (χ0n) is 12.6. The second-order valence-corrected chi connectivity index (χ2v) is 5.02. The molecule has 0 aliphatic rings. The molecule has 7 heteroatoms. The number of carbonyl (C=O) groups excluding carboxylic acids is 1. The number of unbranched alkanes of at least 4 members (excludes halogenated alkanes) is 2. The molecule has 0 rings (SSSR count). The maximum absolute atomic E-state index is 11.7. The monoisotopic (exact) mass is 303 g/mol. The third-order valence-corrected chi connectivity index (χ3v) is 3.23. The number of amides is 1. The Kier molecular flexibility index (Phi) is 12.4. The maximum atomic E-state index is 11.7. The van der Waals surface area contributed by atoms with Crippen LogP contribution in [0.1, 0.15) is 32.1 Å². The van der Waals surface area contributed by atoms with Crippen LogP contribution in [0.3, 0.4) is 0 Å². The number of rotatable bonds is 10. The molecule has 1 unspecified atom stereocenters. The van der Waals surface area contributed by atoms with Gasteiger partial charge < -0.3 is 21.7 Å². The summed E-state index contributed by atoms with van der Waals surface area (Å²) >= 11 is 4.15. The molecule has 1 atom stereocenters. The minimum absolute atomic E-state index is 0.0612. The first kappa shape index (κ1) is 19.1. The summed E-state index contributed by atoms with van der Waals surface area (Å²) < 4.78 is 0. The van der Waals surface area contributed by atoms with Gasteiger partial charge in [0.2, 0.25) is 5.91 Å². The van der Waals surface area contributed by atoms with Crippen molar-refractivity contribution in [3.63, 3.8) is 0 Å². The van der Waals surface area contributed by atoms with Crippen LogP contribution in [0.25, 0.3) is 0 Å². The summed E-state index contributed by atoms with van der Waals surface area (Å²) in [5.41, 5.74) is 5.84. The van der Waals surface area contributed by atoms with Crippen molar-refractivity contribution >= 4 is 24.5 Å². The van der Waals surface area contributed by atoms with E-state index < -0.39 is 6.04 Å². The zero-order chi connectivity index (χ0) is 15.2. The summed E-state index contributed by atoms with van der Waals surface area (Å²) in [6.45, 7) is 1.45. The fraction of sp³-hybridized carbons (Fsp3) is 0.846. The lowest BCUT2D eigenvalue weighted by Crippen LogP contribution is -2.41. The number of nitrogens with one attached hydrogen (secondary N) is 3. The molecular weight excluding hydrogens is 274 g/mol. The van der Waals surface area contributed by atoms with Crippen molar-refractivity contribution in [3.8, 4) is 0 Å². The van der Waals surface area contributed by atoms with E-state index in [1.54, 1.807) is 7.05 Å². The van der Waals surface area contributed by atoms with Gasteiger partial charge in [-0.25, -0.2) is 0 Å². The third-order valence-electron chi connectivity index (χ3n) is 2.92. The van der Waals surface area contributed by atoms with E-state index in [1.165, 1.54) is 0 Å². The molecule has 0 fully saturated rings. The summed E-state index contributed by atoms with van der Waals surface area (Å²) in [6, 6.07) is -0.432. The van der Waals surface area contributed by atoms with Gasteiger partial charge in [0, 0.05) is 27.2 Å². The van der Waals surface area contributed by atoms with E-state index in [1.807, 2.05) is 7.05 Å². The lowest BCUT2D eigenvalue weighted by atomic mass is 10.1. The molecule has 6 nitrogen and oxygen atoms in total. The van der Waals surface area contributed by atoms with Crippen molar-refractivity contribution in [2.45, 2.75) is 38.1 Å². The molecule has 0 saturated carbocycles. The molecule has 0 heterocycles. The van der Waals surface area contributed by atoms with Crippen LogP contribution >= 0.6 is 12.6 Å². The van der Waals surface area contributed by atoms with Gasteiger partial charge in [0.1, 0.15) is 0 Å². The summed E-state index contributed by atoms with van der Waals surface area (Å²) in [7, 11) is 3.52. The maximum Gasteiger partial charge on any atom is 0.236 e. The molecule has 0 saturated heterocycles. The Morgan fingerprint density at radius 1 is 1.20 bits per heavy atom. The standard InChI is InChI=1S/C13H29N5OS/c1-15-13(16-2)18-9-6-7-11(14)12(19)17-8-4-3-5-10-20/h11,20H,3-10,14H2,1-2H3,(H,17,19)(H2,15,16,18). The third kappa shape index (κ3) is 9.91.